The van der Waals surface area contributed by atoms with E-state index in [1.54, 1.807) is 13.0 Å². The van der Waals surface area contributed by atoms with E-state index < -0.39 is 0 Å². The predicted octanol–water partition coefficient (Wildman–Crippen LogP) is 3.75. The fraction of sp³-hybridized carbons (Fsp3) is 0.429. The lowest BCUT2D eigenvalue weighted by Crippen LogP contribution is -2.19. The SMILES string of the molecule is C=CCCCNC(C)c1ccc(C)c(F)c1. The molecule has 0 saturated carbocycles. The third-order valence-electron chi connectivity index (χ3n) is 2.73. The van der Waals surface area contributed by atoms with Crippen LogP contribution in [0.3, 0.4) is 0 Å². The first-order valence-corrected chi connectivity index (χ1v) is 5.75. The molecule has 0 amide bonds. The van der Waals surface area contributed by atoms with Crippen molar-refractivity contribution in [2.45, 2.75) is 32.7 Å². The van der Waals surface area contributed by atoms with Gasteiger partial charge in [0.1, 0.15) is 5.82 Å². The molecule has 1 rings (SSSR count). The monoisotopic (exact) mass is 221 g/mol. The second-order valence-electron chi connectivity index (χ2n) is 4.12. The predicted molar refractivity (Wildman–Crippen MR) is 67.0 cm³/mol. The Balaban J connectivity index is 2.49. The Labute approximate surface area is 97.4 Å². The Morgan fingerprint density at radius 3 is 2.88 bits per heavy atom. The van der Waals surface area contributed by atoms with Crippen molar-refractivity contribution >= 4 is 0 Å². The molecule has 0 heterocycles. The molecule has 16 heavy (non-hydrogen) atoms. The van der Waals surface area contributed by atoms with Crippen LogP contribution in [0.25, 0.3) is 0 Å². The van der Waals surface area contributed by atoms with Gasteiger partial charge in [-0.3, -0.25) is 0 Å². The van der Waals surface area contributed by atoms with Crippen molar-refractivity contribution in [3.05, 3.63) is 47.8 Å². The van der Waals surface area contributed by atoms with E-state index >= 15 is 0 Å². The van der Waals surface area contributed by atoms with Crippen LogP contribution in [-0.4, -0.2) is 6.54 Å². The van der Waals surface area contributed by atoms with Crippen LogP contribution in [-0.2, 0) is 0 Å². The Morgan fingerprint density at radius 2 is 2.25 bits per heavy atom. The molecule has 1 unspecified atom stereocenters. The third kappa shape index (κ3) is 3.78. The average molecular weight is 221 g/mol. The molecule has 88 valence electrons. The summed E-state index contributed by atoms with van der Waals surface area (Å²) in [5.41, 5.74) is 1.70. The van der Waals surface area contributed by atoms with Crippen molar-refractivity contribution in [3.8, 4) is 0 Å². The minimum Gasteiger partial charge on any atom is -0.310 e. The molecule has 1 aromatic carbocycles. The second kappa shape index (κ2) is 6.44. The zero-order chi connectivity index (χ0) is 12.0. The van der Waals surface area contributed by atoms with E-state index in [-0.39, 0.29) is 11.9 Å². The normalized spacial score (nSPS) is 12.4. The lowest BCUT2D eigenvalue weighted by Gasteiger charge is -2.14. The summed E-state index contributed by atoms with van der Waals surface area (Å²) in [6, 6.07) is 5.61. The number of allylic oxidation sites excluding steroid dienone is 1. The minimum atomic E-state index is -0.128. The standard InChI is InChI=1S/C14H20FN/c1-4-5-6-9-16-12(3)13-8-7-11(2)14(15)10-13/h4,7-8,10,12,16H,1,5-6,9H2,2-3H3. The Kier molecular flexibility index (Phi) is 5.20. The van der Waals surface area contributed by atoms with Crippen LogP contribution in [0, 0.1) is 12.7 Å². The van der Waals surface area contributed by atoms with Crippen LogP contribution in [0.15, 0.2) is 30.9 Å². The largest absolute Gasteiger partial charge is 0.310 e. The second-order valence-corrected chi connectivity index (χ2v) is 4.12. The molecule has 0 aliphatic carbocycles. The van der Waals surface area contributed by atoms with Crippen LogP contribution in [0.4, 0.5) is 4.39 Å². The van der Waals surface area contributed by atoms with Crippen molar-refractivity contribution < 1.29 is 4.39 Å². The van der Waals surface area contributed by atoms with Crippen LogP contribution in [0.1, 0.15) is 36.9 Å². The maximum Gasteiger partial charge on any atom is 0.126 e. The lowest BCUT2D eigenvalue weighted by atomic mass is 10.1. The van der Waals surface area contributed by atoms with Crippen LogP contribution in [0.2, 0.25) is 0 Å². The molecule has 0 spiro atoms. The number of nitrogens with one attached hydrogen (secondary N) is 1. The lowest BCUT2D eigenvalue weighted by molar-refractivity contribution is 0.553. The van der Waals surface area contributed by atoms with Gasteiger partial charge in [-0.1, -0.05) is 18.2 Å². The molecule has 0 bridgehead atoms. The number of unbranched alkanes of at least 4 members (excludes halogenated alkanes) is 1. The van der Waals surface area contributed by atoms with Gasteiger partial charge in [0, 0.05) is 6.04 Å². The summed E-state index contributed by atoms with van der Waals surface area (Å²) in [6.07, 6.45) is 4.00. The van der Waals surface area contributed by atoms with E-state index in [2.05, 4.69) is 18.8 Å². The highest BCUT2D eigenvalue weighted by Gasteiger charge is 2.06. The van der Waals surface area contributed by atoms with Crippen molar-refractivity contribution in [2.75, 3.05) is 6.54 Å². The van der Waals surface area contributed by atoms with E-state index in [0.717, 1.165) is 24.9 Å². The van der Waals surface area contributed by atoms with Gasteiger partial charge in [0.2, 0.25) is 0 Å². The van der Waals surface area contributed by atoms with Crippen LogP contribution >= 0.6 is 0 Å². The summed E-state index contributed by atoms with van der Waals surface area (Å²) in [7, 11) is 0. The molecule has 1 aromatic rings. The summed E-state index contributed by atoms with van der Waals surface area (Å²) < 4.78 is 13.3. The van der Waals surface area contributed by atoms with Gasteiger partial charge in [-0.15, -0.1) is 6.58 Å². The van der Waals surface area contributed by atoms with Gasteiger partial charge in [0.15, 0.2) is 0 Å². The molecule has 1 N–H and O–H groups in total. The smallest absolute Gasteiger partial charge is 0.126 e. The first-order valence-electron chi connectivity index (χ1n) is 5.75. The quantitative estimate of drug-likeness (QED) is 0.570. The fourth-order valence-electron chi connectivity index (χ4n) is 1.56. The Hall–Kier alpha value is -1.15. The summed E-state index contributed by atoms with van der Waals surface area (Å²) >= 11 is 0. The van der Waals surface area contributed by atoms with Crippen molar-refractivity contribution in [3.63, 3.8) is 0 Å². The van der Waals surface area contributed by atoms with E-state index in [1.165, 1.54) is 0 Å². The fourth-order valence-corrected chi connectivity index (χ4v) is 1.56. The molecule has 0 radical (unpaired) electrons. The molecule has 0 fully saturated rings. The first-order chi connectivity index (χ1) is 7.65. The summed E-state index contributed by atoms with van der Waals surface area (Å²) in [5.74, 6) is -0.128. The first kappa shape index (κ1) is 12.9. The van der Waals surface area contributed by atoms with Gasteiger partial charge < -0.3 is 5.32 Å². The zero-order valence-corrected chi connectivity index (χ0v) is 10.1. The van der Waals surface area contributed by atoms with Crippen LogP contribution in [0.5, 0.6) is 0 Å². The number of aryl methyl sites for hydroxylation is 1. The Bertz CT molecular complexity index is 347. The minimum absolute atomic E-state index is 0.128. The number of benzene rings is 1. The number of halogens is 1. The highest BCUT2D eigenvalue weighted by molar-refractivity contribution is 5.25. The van der Waals surface area contributed by atoms with E-state index in [9.17, 15) is 4.39 Å². The summed E-state index contributed by atoms with van der Waals surface area (Å²) in [4.78, 5) is 0. The molecule has 1 nitrogen and oxygen atoms in total. The van der Waals surface area contributed by atoms with Gasteiger partial charge in [0.25, 0.3) is 0 Å². The Morgan fingerprint density at radius 1 is 1.50 bits per heavy atom. The van der Waals surface area contributed by atoms with Gasteiger partial charge in [-0.2, -0.15) is 0 Å². The van der Waals surface area contributed by atoms with E-state index in [4.69, 9.17) is 0 Å². The van der Waals surface area contributed by atoms with E-state index in [1.807, 2.05) is 18.2 Å². The van der Waals surface area contributed by atoms with Crippen molar-refractivity contribution in [1.82, 2.24) is 5.32 Å². The molecule has 0 aliphatic heterocycles. The van der Waals surface area contributed by atoms with Crippen LogP contribution < -0.4 is 5.32 Å². The average Bonchev–Trinajstić information content (AvgIpc) is 2.28. The molecule has 1 atom stereocenters. The molecule has 0 aliphatic rings. The summed E-state index contributed by atoms with van der Waals surface area (Å²) in [6.45, 7) is 8.45. The molecule has 0 saturated heterocycles. The highest BCUT2D eigenvalue weighted by Crippen LogP contribution is 2.16. The van der Waals surface area contributed by atoms with Gasteiger partial charge in [-0.05, 0) is 50.4 Å². The maximum absolute atomic E-state index is 13.3. The number of hydrogen-bond acceptors (Lipinski definition) is 1. The summed E-state index contributed by atoms with van der Waals surface area (Å²) in [5, 5.41) is 3.37. The molecular formula is C14H20FN. The van der Waals surface area contributed by atoms with Crippen molar-refractivity contribution in [2.24, 2.45) is 0 Å². The maximum atomic E-state index is 13.3. The third-order valence-corrected chi connectivity index (χ3v) is 2.73. The van der Waals surface area contributed by atoms with Gasteiger partial charge in [0.05, 0.1) is 0 Å². The topological polar surface area (TPSA) is 12.0 Å². The number of rotatable bonds is 6. The molecule has 2 heteroatoms. The zero-order valence-electron chi connectivity index (χ0n) is 10.1. The molecule has 0 aromatic heterocycles. The highest BCUT2D eigenvalue weighted by atomic mass is 19.1. The number of hydrogen-bond donors (Lipinski definition) is 1. The van der Waals surface area contributed by atoms with E-state index in [0.29, 0.717) is 5.56 Å². The van der Waals surface area contributed by atoms with Gasteiger partial charge in [-0.25, -0.2) is 4.39 Å². The molecular weight excluding hydrogens is 201 g/mol. The van der Waals surface area contributed by atoms with Crippen molar-refractivity contribution in [1.29, 1.82) is 0 Å². The van der Waals surface area contributed by atoms with Gasteiger partial charge >= 0.3 is 0 Å².